The molecule has 4 aromatic rings. The number of nitrogens with zero attached hydrogens (tertiary/aromatic N) is 3. The topological polar surface area (TPSA) is 99.6 Å². The predicted molar refractivity (Wildman–Crippen MR) is 197 cm³/mol. The summed E-state index contributed by atoms with van der Waals surface area (Å²) >= 11 is 0. The Hall–Kier alpha value is -4.84. The van der Waals surface area contributed by atoms with Crippen molar-refractivity contribution >= 4 is 43.2 Å². The molecule has 4 aliphatic rings. The summed E-state index contributed by atoms with van der Waals surface area (Å²) in [6.45, 7) is 5.35. The van der Waals surface area contributed by atoms with Gasteiger partial charge in [-0.05, 0) is 66.5 Å². The minimum absolute atomic E-state index is 0.133. The number of para-hydroxylation sites is 2. The van der Waals surface area contributed by atoms with Crippen LogP contribution in [0.1, 0.15) is 35.6 Å². The third-order valence-corrected chi connectivity index (χ3v) is 13.8. The molecule has 1 saturated heterocycles. The van der Waals surface area contributed by atoms with Crippen LogP contribution in [0.2, 0.25) is 18.6 Å². The molecule has 1 N–H and O–H groups in total. The highest BCUT2D eigenvalue weighted by molar-refractivity contribution is 6.72. The Kier molecular flexibility index (Phi) is 8.55. The summed E-state index contributed by atoms with van der Waals surface area (Å²) in [6, 6.07) is 29.9. The second-order valence-corrected chi connectivity index (χ2v) is 18.7. The van der Waals surface area contributed by atoms with Crippen LogP contribution in [0.25, 0.3) is 0 Å². The molecular formula is C41H42FN3O6Si. The summed E-state index contributed by atoms with van der Waals surface area (Å²) in [6.07, 6.45) is -0.510. The van der Waals surface area contributed by atoms with Crippen LogP contribution in [0.4, 0.5) is 21.2 Å². The molecule has 0 radical (unpaired) electrons. The number of anilines is 3. The minimum Gasteiger partial charge on any atom is -0.482 e. The van der Waals surface area contributed by atoms with Crippen molar-refractivity contribution in [3.63, 3.8) is 0 Å². The van der Waals surface area contributed by atoms with Gasteiger partial charge in [-0.25, -0.2) is 0 Å². The van der Waals surface area contributed by atoms with Crippen molar-refractivity contribution in [3.8, 4) is 5.75 Å². The van der Waals surface area contributed by atoms with Gasteiger partial charge in [-0.1, -0.05) is 73.7 Å². The number of carbonyl (C=O) groups is 3. The van der Waals surface area contributed by atoms with Crippen molar-refractivity contribution in [2.75, 3.05) is 23.0 Å². The fourth-order valence-corrected chi connectivity index (χ4v) is 11.5. The lowest BCUT2D eigenvalue weighted by Gasteiger charge is -2.37. The lowest BCUT2D eigenvalue weighted by Crippen LogP contribution is -2.48. The quantitative estimate of drug-likeness (QED) is 0.175. The first-order chi connectivity index (χ1) is 25.0. The number of hydrogen-bond donors (Lipinski definition) is 1. The molecule has 0 saturated carbocycles. The van der Waals surface area contributed by atoms with Crippen LogP contribution < -0.4 is 14.5 Å². The van der Waals surface area contributed by atoms with Gasteiger partial charge < -0.3 is 28.5 Å². The summed E-state index contributed by atoms with van der Waals surface area (Å²) in [5.74, 6) is -0.901. The molecule has 11 heteroatoms. The zero-order chi connectivity index (χ0) is 36.4. The van der Waals surface area contributed by atoms with Crippen molar-refractivity contribution in [2.45, 2.75) is 69.2 Å². The monoisotopic (exact) mass is 719 g/mol. The first-order valence-corrected chi connectivity index (χ1v) is 20.9. The van der Waals surface area contributed by atoms with Crippen LogP contribution in [0, 0.1) is 5.92 Å². The molecule has 268 valence electrons. The number of fused-ring (bicyclic) bond motifs is 4. The number of amides is 3. The third kappa shape index (κ3) is 5.53. The maximum atomic E-state index is 16.7. The zero-order valence-electron chi connectivity index (χ0n) is 29.5. The lowest BCUT2D eigenvalue weighted by atomic mass is 9.82. The van der Waals surface area contributed by atoms with E-state index in [-0.39, 0.29) is 43.9 Å². The Morgan fingerprint density at radius 3 is 2.40 bits per heavy atom. The highest BCUT2D eigenvalue weighted by Crippen LogP contribution is 2.61. The fraction of sp³-hybridized carbons (Fsp3) is 0.341. The van der Waals surface area contributed by atoms with Gasteiger partial charge in [0.1, 0.15) is 5.75 Å². The lowest BCUT2D eigenvalue weighted by molar-refractivity contribution is -0.151. The highest BCUT2D eigenvalue weighted by Gasteiger charge is 2.67. The number of aliphatic hydroxyl groups is 1. The predicted octanol–water partition coefficient (Wildman–Crippen LogP) is 6.40. The number of benzene rings is 4. The van der Waals surface area contributed by atoms with Crippen molar-refractivity contribution < 1.29 is 33.1 Å². The Morgan fingerprint density at radius 1 is 0.942 bits per heavy atom. The highest BCUT2D eigenvalue weighted by atomic mass is 28.4. The van der Waals surface area contributed by atoms with E-state index in [1.807, 2.05) is 97.9 Å². The van der Waals surface area contributed by atoms with Gasteiger partial charge in [0.25, 0.3) is 11.8 Å². The molecule has 1 spiro atoms. The SMILES string of the molecule is C[C@H]1[C@H]([Si](C)(C)F)[C@@H](CC(=O)N2Cc3ccccc3C[C@H]2CO)O[C@]12C(=O)N(Cc1ccccc1)c1ccc(N3C(=O)COc4ccccc43)cc12. The van der Waals surface area contributed by atoms with Crippen molar-refractivity contribution in [3.05, 3.63) is 119 Å². The van der Waals surface area contributed by atoms with Crippen LogP contribution in [-0.4, -0.2) is 61.5 Å². The van der Waals surface area contributed by atoms with E-state index < -0.39 is 37.6 Å². The molecule has 5 atom stereocenters. The van der Waals surface area contributed by atoms with Crippen LogP contribution in [0.15, 0.2) is 97.1 Å². The number of ether oxygens (including phenoxy) is 2. The van der Waals surface area contributed by atoms with Gasteiger partial charge in [-0.15, -0.1) is 0 Å². The number of hydrogen-bond acceptors (Lipinski definition) is 6. The van der Waals surface area contributed by atoms with Crippen molar-refractivity contribution in [1.29, 1.82) is 0 Å². The molecule has 0 aromatic heterocycles. The summed E-state index contributed by atoms with van der Waals surface area (Å²) in [7, 11) is -3.59. The van der Waals surface area contributed by atoms with Gasteiger partial charge in [0.15, 0.2) is 12.2 Å². The van der Waals surface area contributed by atoms with E-state index in [1.165, 1.54) is 0 Å². The average Bonchev–Trinajstić information content (AvgIpc) is 3.56. The van der Waals surface area contributed by atoms with Gasteiger partial charge in [0.05, 0.1) is 43.1 Å². The molecule has 0 unspecified atom stereocenters. The number of aliphatic hydroxyl groups excluding tert-OH is 1. The molecule has 1 fully saturated rings. The Labute approximate surface area is 303 Å². The van der Waals surface area contributed by atoms with E-state index >= 15 is 8.90 Å². The van der Waals surface area contributed by atoms with E-state index in [2.05, 4.69) is 0 Å². The molecule has 4 aromatic carbocycles. The Bertz CT molecular complexity index is 2060. The van der Waals surface area contributed by atoms with Crippen molar-refractivity contribution in [2.24, 2.45) is 5.92 Å². The molecule has 9 nitrogen and oxygen atoms in total. The molecule has 8 rings (SSSR count). The smallest absolute Gasteiger partial charge is 0.269 e. The van der Waals surface area contributed by atoms with E-state index in [0.29, 0.717) is 41.3 Å². The van der Waals surface area contributed by atoms with E-state index in [9.17, 15) is 14.7 Å². The third-order valence-electron chi connectivity index (χ3n) is 11.4. The number of carbonyl (C=O) groups excluding carboxylic acids is 3. The van der Waals surface area contributed by atoms with Crippen LogP contribution in [0.3, 0.4) is 0 Å². The first kappa shape index (κ1) is 34.3. The first-order valence-electron chi connectivity index (χ1n) is 17.9. The Balaban J connectivity index is 1.21. The van der Waals surface area contributed by atoms with Crippen LogP contribution in [0.5, 0.6) is 5.75 Å². The van der Waals surface area contributed by atoms with E-state index in [4.69, 9.17) is 9.47 Å². The molecule has 4 aliphatic heterocycles. The largest absolute Gasteiger partial charge is 0.482 e. The molecule has 0 aliphatic carbocycles. The van der Waals surface area contributed by atoms with E-state index in [1.54, 1.807) is 33.9 Å². The summed E-state index contributed by atoms with van der Waals surface area (Å²) in [5.41, 5.74) is 2.99. The minimum atomic E-state index is -3.59. The summed E-state index contributed by atoms with van der Waals surface area (Å²) in [4.78, 5) is 47.7. The van der Waals surface area contributed by atoms with E-state index in [0.717, 1.165) is 16.7 Å². The molecule has 4 heterocycles. The van der Waals surface area contributed by atoms with Crippen molar-refractivity contribution in [1.82, 2.24) is 4.90 Å². The zero-order valence-corrected chi connectivity index (χ0v) is 30.5. The van der Waals surface area contributed by atoms with Gasteiger partial charge in [0, 0.05) is 29.3 Å². The molecule has 52 heavy (non-hydrogen) atoms. The molecular weight excluding hydrogens is 678 g/mol. The summed E-state index contributed by atoms with van der Waals surface area (Å²) in [5, 5.41) is 10.3. The maximum Gasteiger partial charge on any atom is 0.269 e. The average molecular weight is 720 g/mol. The summed E-state index contributed by atoms with van der Waals surface area (Å²) < 4.78 is 29.4. The fourth-order valence-electron chi connectivity index (χ4n) is 9.01. The molecule has 3 amide bonds. The second-order valence-electron chi connectivity index (χ2n) is 14.9. The van der Waals surface area contributed by atoms with Crippen LogP contribution in [-0.2, 0) is 44.2 Å². The number of rotatable bonds is 7. The van der Waals surface area contributed by atoms with Gasteiger partial charge in [0.2, 0.25) is 14.3 Å². The Morgan fingerprint density at radius 2 is 1.65 bits per heavy atom. The number of halogens is 1. The van der Waals surface area contributed by atoms with Gasteiger partial charge in [-0.2, -0.15) is 0 Å². The van der Waals surface area contributed by atoms with Gasteiger partial charge >= 0.3 is 0 Å². The normalized spacial score (nSPS) is 25.2. The second kappa shape index (κ2) is 13.0. The van der Waals surface area contributed by atoms with Gasteiger partial charge in [-0.3, -0.25) is 19.3 Å². The molecule has 0 bridgehead atoms. The standard InChI is InChI=1S/C41H42FN3O6Si/c1-26-39(52(2,3)42)36(21-37(47)43-23-29-14-8-7-13-28(29)19-31(43)24-46)51-41(26)32-20-30(45-34-15-9-10-16-35(34)50-25-38(45)48)17-18-33(32)44(40(41)49)22-27-11-5-4-6-12-27/h4-18,20,26,31,36,39,46H,19,21-25H2,1-3H3/t26-,31-,36+,39-,41+/m0/s1. The maximum absolute atomic E-state index is 16.7. The van der Waals surface area contributed by atoms with Crippen LogP contribution >= 0.6 is 0 Å².